The fourth-order valence-corrected chi connectivity index (χ4v) is 2.43. The smallest absolute Gasteiger partial charge is 0.271 e. The Labute approximate surface area is 113 Å². The van der Waals surface area contributed by atoms with Gasteiger partial charge in [-0.15, -0.1) is 0 Å². The lowest BCUT2D eigenvalue weighted by molar-refractivity contribution is -0.384. The molecular weight excluding hydrogens is 270 g/mol. The van der Waals surface area contributed by atoms with Gasteiger partial charge >= 0.3 is 0 Å². The predicted octanol–water partition coefficient (Wildman–Crippen LogP) is 4.63. The zero-order chi connectivity index (χ0) is 14.1. The number of nitrogens with zero attached hydrogens (tertiary/aromatic N) is 1. The summed E-state index contributed by atoms with van der Waals surface area (Å²) < 4.78 is 6.02. The topological polar surface area (TPSA) is 52.4 Å². The lowest BCUT2D eigenvalue weighted by Gasteiger charge is -2.36. The van der Waals surface area contributed by atoms with E-state index in [-0.39, 0.29) is 15.7 Å². The Morgan fingerprint density at radius 3 is 2.28 bits per heavy atom. The minimum absolute atomic E-state index is 0.0254. The average molecular weight is 288 g/mol. The van der Waals surface area contributed by atoms with Gasteiger partial charge in [-0.1, -0.05) is 32.4 Å². The molecule has 4 nitrogen and oxygen atoms in total. The van der Waals surface area contributed by atoms with E-state index in [4.69, 9.17) is 16.0 Å². The molecule has 0 N–H and O–H groups in total. The quantitative estimate of drug-likeness (QED) is 0.462. The summed E-state index contributed by atoms with van der Waals surface area (Å²) in [6.45, 7) is 10.6. The maximum absolute atomic E-state index is 10.6. The highest BCUT2D eigenvalue weighted by Gasteiger charge is 2.39. The minimum Gasteiger partial charge on any atom is -0.543 e. The first-order chi connectivity index (χ1) is 8.04. The maximum atomic E-state index is 10.6. The van der Waals surface area contributed by atoms with Crippen LogP contribution in [-0.2, 0) is 0 Å². The van der Waals surface area contributed by atoms with Gasteiger partial charge in [0.2, 0.25) is 0 Å². The molecule has 1 aromatic rings. The van der Waals surface area contributed by atoms with Gasteiger partial charge in [-0.05, 0) is 24.2 Å². The van der Waals surface area contributed by atoms with Gasteiger partial charge in [-0.3, -0.25) is 10.1 Å². The van der Waals surface area contributed by atoms with E-state index in [2.05, 4.69) is 33.9 Å². The first kappa shape index (κ1) is 15.0. The van der Waals surface area contributed by atoms with E-state index < -0.39 is 13.2 Å². The Bertz CT molecular complexity index is 469. The van der Waals surface area contributed by atoms with E-state index in [9.17, 15) is 10.1 Å². The Balaban J connectivity index is 3.03. The monoisotopic (exact) mass is 287 g/mol. The first-order valence-electron chi connectivity index (χ1n) is 5.67. The number of non-ortho nitro benzene ring substituents is 1. The van der Waals surface area contributed by atoms with Gasteiger partial charge in [0.05, 0.1) is 9.95 Å². The van der Waals surface area contributed by atoms with E-state index in [1.54, 1.807) is 6.07 Å². The number of hydrogen-bond acceptors (Lipinski definition) is 3. The van der Waals surface area contributed by atoms with Gasteiger partial charge in [0.1, 0.15) is 5.75 Å². The third-order valence-electron chi connectivity index (χ3n) is 3.30. The van der Waals surface area contributed by atoms with Crippen molar-refractivity contribution in [1.82, 2.24) is 0 Å². The van der Waals surface area contributed by atoms with Gasteiger partial charge in [0, 0.05) is 12.1 Å². The molecule has 0 heterocycles. The van der Waals surface area contributed by atoms with Crippen molar-refractivity contribution in [2.75, 3.05) is 0 Å². The molecule has 100 valence electrons. The van der Waals surface area contributed by atoms with Gasteiger partial charge in [0.15, 0.2) is 0 Å². The number of benzene rings is 1. The normalized spacial score (nSPS) is 12.3. The third kappa shape index (κ3) is 3.23. The number of rotatable bonds is 3. The SMILES string of the molecule is CC(C)(C)[Si](C)(C)Oc1ccc([N+](=O)[O-])cc1Cl. The fraction of sp³-hybridized carbons (Fsp3) is 0.500. The lowest BCUT2D eigenvalue weighted by atomic mass is 10.2. The molecule has 0 fully saturated rings. The van der Waals surface area contributed by atoms with Crippen molar-refractivity contribution in [1.29, 1.82) is 0 Å². The van der Waals surface area contributed by atoms with Crippen molar-refractivity contribution < 1.29 is 9.35 Å². The highest BCUT2D eigenvalue weighted by molar-refractivity contribution is 6.74. The number of nitro groups is 1. The Morgan fingerprint density at radius 1 is 1.33 bits per heavy atom. The van der Waals surface area contributed by atoms with Crippen LogP contribution in [0.15, 0.2) is 18.2 Å². The molecular formula is C12H18ClNO3Si. The molecule has 0 spiro atoms. The van der Waals surface area contributed by atoms with Crippen LogP contribution in [0.1, 0.15) is 20.8 Å². The van der Waals surface area contributed by atoms with Crippen LogP contribution in [0.4, 0.5) is 5.69 Å². The van der Waals surface area contributed by atoms with E-state index in [1.807, 2.05) is 0 Å². The van der Waals surface area contributed by atoms with Crippen LogP contribution in [0.25, 0.3) is 0 Å². The van der Waals surface area contributed by atoms with Crippen LogP contribution >= 0.6 is 11.6 Å². The standard InChI is InChI=1S/C12H18ClNO3Si/c1-12(2,3)18(4,5)17-11-7-6-9(14(15)16)8-10(11)13/h6-8H,1-5H3. The summed E-state index contributed by atoms with van der Waals surface area (Å²) in [5, 5.41) is 11.0. The van der Waals surface area contributed by atoms with Gasteiger partial charge < -0.3 is 4.43 Å². The van der Waals surface area contributed by atoms with Crippen LogP contribution in [0.3, 0.4) is 0 Å². The molecule has 0 aromatic heterocycles. The molecule has 6 heteroatoms. The predicted molar refractivity (Wildman–Crippen MR) is 75.9 cm³/mol. The largest absolute Gasteiger partial charge is 0.543 e. The molecule has 1 aromatic carbocycles. The molecule has 0 radical (unpaired) electrons. The van der Waals surface area contributed by atoms with Gasteiger partial charge in [0.25, 0.3) is 14.0 Å². The van der Waals surface area contributed by atoms with Crippen LogP contribution in [0, 0.1) is 10.1 Å². The van der Waals surface area contributed by atoms with Crippen molar-refractivity contribution in [3.63, 3.8) is 0 Å². The molecule has 1 rings (SSSR count). The molecule has 0 unspecified atom stereocenters. The number of nitro benzene ring substituents is 1. The highest BCUT2D eigenvalue weighted by Crippen LogP contribution is 2.39. The van der Waals surface area contributed by atoms with Crippen LogP contribution in [-0.4, -0.2) is 13.2 Å². The summed E-state index contributed by atoms with van der Waals surface area (Å²) >= 11 is 6.02. The highest BCUT2D eigenvalue weighted by atomic mass is 35.5. The Hall–Kier alpha value is -1.07. The Morgan fingerprint density at radius 2 is 1.89 bits per heavy atom. The molecule has 0 bridgehead atoms. The summed E-state index contributed by atoms with van der Waals surface area (Å²) in [5.74, 6) is 0.522. The van der Waals surface area contributed by atoms with Crippen molar-refractivity contribution in [2.45, 2.75) is 38.9 Å². The van der Waals surface area contributed by atoms with E-state index in [1.165, 1.54) is 12.1 Å². The number of halogens is 1. The molecule has 0 saturated heterocycles. The number of hydrogen-bond donors (Lipinski definition) is 0. The molecule has 18 heavy (non-hydrogen) atoms. The second-order valence-electron chi connectivity index (χ2n) is 5.73. The van der Waals surface area contributed by atoms with Crippen LogP contribution in [0.2, 0.25) is 23.2 Å². The molecule has 0 aliphatic heterocycles. The fourth-order valence-electron chi connectivity index (χ4n) is 1.11. The van der Waals surface area contributed by atoms with E-state index >= 15 is 0 Å². The van der Waals surface area contributed by atoms with Crippen LogP contribution in [0.5, 0.6) is 5.75 Å². The Kier molecular flexibility index (Phi) is 4.07. The molecule has 0 atom stereocenters. The lowest BCUT2D eigenvalue weighted by Crippen LogP contribution is -2.43. The van der Waals surface area contributed by atoms with Crippen molar-refractivity contribution >= 4 is 25.6 Å². The molecule has 0 amide bonds. The minimum atomic E-state index is -1.98. The van der Waals surface area contributed by atoms with Crippen LogP contribution < -0.4 is 4.43 Å². The van der Waals surface area contributed by atoms with Crippen molar-refractivity contribution in [2.24, 2.45) is 0 Å². The second kappa shape index (κ2) is 4.89. The van der Waals surface area contributed by atoms with E-state index in [0.717, 1.165) is 0 Å². The zero-order valence-electron chi connectivity index (χ0n) is 11.3. The zero-order valence-corrected chi connectivity index (χ0v) is 13.0. The summed E-state index contributed by atoms with van der Waals surface area (Å²) in [7, 11) is -1.98. The molecule has 0 saturated carbocycles. The first-order valence-corrected chi connectivity index (χ1v) is 8.96. The van der Waals surface area contributed by atoms with Crippen molar-refractivity contribution in [3.8, 4) is 5.75 Å². The van der Waals surface area contributed by atoms with Gasteiger partial charge in [-0.25, -0.2) is 0 Å². The van der Waals surface area contributed by atoms with Gasteiger partial charge in [-0.2, -0.15) is 0 Å². The second-order valence-corrected chi connectivity index (χ2v) is 10.9. The summed E-state index contributed by atoms with van der Waals surface area (Å²) in [6.07, 6.45) is 0. The third-order valence-corrected chi connectivity index (χ3v) is 7.94. The summed E-state index contributed by atoms with van der Waals surface area (Å²) in [5.41, 5.74) is -0.0254. The summed E-state index contributed by atoms with van der Waals surface area (Å²) in [6, 6.07) is 4.30. The van der Waals surface area contributed by atoms with E-state index in [0.29, 0.717) is 5.75 Å². The average Bonchev–Trinajstić information content (AvgIpc) is 2.18. The maximum Gasteiger partial charge on any atom is 0.271 e. The molecule has 0 aliphatic carbocycles. The van der Waals surface area contributed by atoms with Crippen molar-refractivity contribution in [3.05, 3.63) is 33.3 Å². The summed E-state index contributed by atoms with van der Waals surface area (Å²) in [4.78, 5) is 10.2. The molecule has 0 aliphatic rings.